The van der Waals surface area contributed by atoms with Gasteiger partial charge in [-0.15, -0.1) is 0 Å². The lowest BCUT2D eigenvalue weighted by Gasteiger charge is -2.23. The number of esters is 4. The molecule has 102 heavy (non-hydrogen) atoms. The number of carbonyl (C=O) groups is 4. The first-order chi connectivity index (χ1) is 49.3. The predicted octanol–water partition coefficient (Wildman–Crippen LogP) is 13.3. The van der Waals surface area contributed by atoms with Crippen molar-refractivity contribution >= 4 is 23.9 Å². The van der Waals surface area contributed by atoms with Crippen LogP contribution in [0.3, 0.4) is 0 Å². The molecule has 0 amide bonds. The Kier molecular flexibility index (Phi) is 32.0. The molecule has 0 aliphatic heterocycles. The van der Waals surface area contributed by atoms with Gasteiger partial charge in [-0.05, 0) is 205 Å². The van der Waals surface area contributed by atoms with Gasteiger partial charge in [0.15, 0.2) is 0 Å². The van der Waals surface area contributed by atoms with Crippen molar-refractivity contribution in [2.24, 2.45) is 0 Å². The van der Waals surface area contributed by atoms with Gasteiger partial charge in [0, 0.05) is 26.6 Å². The maximum absolute atomic E-state index is 12.9. The van der Waals surface area contributed by atoms with Crippen LogP contribution in [-0.2, 0) is 57.5 Å². The number of hydrogen-bond donors (Lipinski definition) is 2. The number of ether oxygens (including phenoxy) is 10. The normalized spacial score (nSPS) is 11.7. The van der Waals surface area contributed by atoms with Crippen LogP contribution in [0, 0.1) is 0 Å². The van der Waals surface area contributed by atoms with E-state index in [9.17, 15) is 29.4 Å². The molecule has 0 spiro atoms. The van der Waals surface area contributed by atoms with Gasteiger partial charge in [-0.3, -0.25) is 4.79 Å². The molecule has 538 valence electrons. The molecule has 0 fully saturated rings. The van der Waals surface area contributed by atoms with Gasteiger partial charge in [0.05, 0.1) is 21.3 Å². The number of carbonyl (C=O) groups excluding carboxylic acids is 4. The number of phenolic OH excluding ortho intramolecular Hbond substituents is 2. The van der Waals surface area contributed by atoms with E-state index in [1.165, 1.54) is 35.7 Å². The van der Waals surface area contributed by atoms with Crippen molar-refractivity contribution in [3.63, 3.8) is 0 Å². The maximum Gasteiger partial charge on any atom is 0.342 e. The van der Waals surface area contributed by atoms with E-state index < -0.39 is 42.2 Å². The van der Waals surface area contributed by atoms with Gasteiger partial charge in [-0.1, -0.05) is 127 Å². The summed E-state index contributed by atoms with van der Waals surface area (Å²) in [6.45, 7) is 3.33. The highest BCUT2D eigenvalue weighted by Crippen LogP contribution is 2.28. The fourth-order valence-corrected chi connectivity index (χ4v) is 10.7. The number of rotatable bonds is 34. The third-order valence-corrected chi connectivity index (χ3v) is 15.9. The zero-order valence-electron chi connectivity index (χ0n) is 60.0. The number of benzene rings is 9. The molecule has 0 aliphatic carbocycles. The summed E-state index contributed by atoms with van der Waals surface area (Å²) in [6, 6.07) is 67.0. The number of methoxy groups -OCH3 is 3. The quantitative estimate of drug-likeness (QED) is 0.0218. The molecule has 0 bridgehead atoms. The number of aryl methyl sites for hydroxylation is 6. The van der Waals surface area contributed by atoms with E-state index in [-0.39, 0.29) is 53.8 Å². The number of aromatic hydroxyl groups is 2. The molecule has 9 rings (SSSR count). The molecule has 2 N–H and O–H groups in total. The van der Waals surface area contributed by atoms with Crippen molar-refractivity contribution in [2.45, 2.75) is 63.8 Å². The Labute approximate surface area is 599 Å². The van der Waals surface area contributed by atoms with Crippen molar-refractivity contribution in [1.82, 2.24) is 14.7 Å². The minimum absolute atomic E-state index is 0.101. The fraction of sp³-hybridized carbons (Fsp3) is 0.301. The Morgan fingerprint density at radius 1 is 0.333 bits per heavy atom. The SMILES string of the molecule is COc1ccc(CCc2ccccc2OCC(CN(C)C)OC(=O)c2ccccc2OC(C)=O)cc1.COc1ccc(CCc2ccccc2OC[C@H](CN(C)C)OC(=O)c2ccccc2O)cc1.COc1ccc(CCc2ccccc2OC[C@H](CN(C)C)OC(=O)c2ccccc2O)cc1. The lowest BCUT2D eigenvalue weighted by Crippen LogP contribution is -2.35. The van der Waals surface area contributed by atoms with E-state index in [1.54, 1.807) is 82.0 Å². The number of para-hydroxylation sites is 6. The topological polar surface area (TPSA) is 211 Å². The lowest BCUT2D eigenvalue weighted by atomic mass is 10.0. The van der Waals surface area contributed by atoms with Crippen molar-refractivity contribution in [3.8, 4) is 51.7 Å². The summed E-state index contributed by atoms with van der Waals surface area (Å²) in [5.74, 6) is 2.56. The Balaban J connectivity index is 0.000000215. The van der Waals surface area contributed by atoms with Crippen LogP contribution >= 0.6 is 0 Å². The van der Waals surface area contributed by atoms with Crippen molar-refractivity contribution in [1.29, 1.82) is 0 Å². The van der Waals surface area contributed by atoms with Crippen molar-refractivity contribution < 1.29 is 76.8 Å². The fourth-order valence-electron chi connectivity index (χ4n) is 10.7. The van der Waals surface area contributed by atoms with Gasteiger partial charge in [-0.25, -0.2) is 14.4 Å². The second-order valence-corrected chi connectivity index (χ2v) is 24.8. The number of phenols is 2. The molecular formula is C83H95N3O16. The van der Waals surface area contributed by atoms with Crippen LogP contribution in [0.4, 0.5) is 0 Å². The minimum Gasteiger partial charge on any atom is -0.507 e. The highest BCUT2D eigenvalue weighted by molar-refractivity contribution is 5.94. The average Bonchev–Trinajstić information content (AvgIpc) is 0.866. The van der Waals surface area contributed by atoms with Gasteiger partial charge < -0.3 is 72.3 Å². The van der Waals surface area contributed by atoms with Crippen LogP contribution < -0.4 is 33.2 Å². The largest absolute Gasteiger partial charge is 0.507 e. The van der Waals surface area contributed by atoms with Crippen molar-refractivity contribution in [3.05, 3.63) is 268 Å². The smallest absolute Gasteiger partial charge is 0.342 e. The molecule has 19 heteroatoms. The molecule has 9 aromatic carbocycles. The zero-order chi connectivity index (χ0) is 73.2. The Bertz CT molecular complexity index is 3860. The summed E-state index contributed by atoms with van der Waals surface area (Å²) >= 11 is 0. The van der Waals surface area contributed by atoms with Crippen LogP contribution in [0.1, 0.15) is 71.4 Å². The lowest BCUT2D eigenvalue weighted by molar-refractivity contribution is -0.131. The number of likely N-dealkylation sites (N-methyl/N-ethyl adjacent to an activating group) is 3. The maximum atomic E-state index is 12.9. The van der Waals surface area contributed by atoms with E-state index in [1.807, 2.05) is 166 Å². The molecule has 3 atom stereocenters. The molecule has 9 aromatic rings. The second-order valence-electron chi connectivity index (χ2n) is 24.8. The molecule has 0 heterocycles. The predicted molar refractivity (Wildman–Crippen MR) is 394 cm³/mol. The summed E-state index contributed by atoms with van der Waals surface area (Å²) in [7, 11) is 16.4. The highest BCUT2D eigenvalue weighted by Gasteiger charge is 2.25. The molecule has 0 radical (unpaired) electrons. The van der Waals surface area contributed by atoms with Crippen LogP contribution in [-0.4, -0.2) is 170 Å². The van der Waals surface area contributed by atoms with Gasteiger partial charge >= 0.3 is 23.9 Å². The summed E-state index contributed by atoms with van der Waals surface area (Å²) in [5.41, 5.74) is 7.35. The summed E-state index contributed by atoms with van der Waals surface area (Å²) in [4.78, 5) is 55.3. The first-order valence-electron chi connectivity index (χ1n) is 33.7. The Morgan fingerprint density at radius 3 is 0.882 bits per heavy atom. The van der Waals surface area contributed by atoms with E-state index in [0.29, 0.717) is 19.6 Å². The third-order valence-electron chi connectivity index (χ3n) is 15.9. The van der Waals surface area contributed by atoms with Gasteiger partial charge in [0.1, 0.15) is 107 Å². The van der Waals surface area contributed by atoms with Crippen LogP contribution in [0.25, 0.3) is 0 Å². The minimum atomic E-state index is -0.574. The molecule has 1 unspecified atom stereocenters. The van der Waals surface area contributed by atoms with E-state index in [4.69, 9.17) is 47.4 Å². The number of hydrogen-bond acceptors (Lipinski definition) is 19. The molecule has 0 saturated carbocycles. The first-order valence-corrected chi connectivity index (χ1v) is 33.7. The molecule has 19 nitrogen and oxygen atoms in total. The zero-order valence-corrected chi connectivity index (χ0v) is 60.0. The monoisotopic (exact) mass is 1390 g/mol. The van der Waals surface area contributed by atoms with Crippen molar-refractivity contribution in [2.75, 3.05) is 103 Å². The molecular weight excluding hydrogens is 1290 g/mol. The molecule has 0 aromatic heterocycles. The highest BCUT2D eigenvalue weighted by atomic mass is 16.6. The van der Waals surface area contributed by atoms with E-state index in [2.05, 4.69) is 36.4 Å². The standard InChI is InChI=1S/C29H33NO6.2C27H31NO5/c1-21(31)35-28-12-8-6-10-26(28)29(32)36-25(19-30(2)3)20-34-27-11-7-5-9-23(27)16-13-22-14-17-24(33-4)18-15-22;2*1-28(2)18-23(33-27(30)24-9-5-6-10-25(24)29)19-32-26-11-7-4-8-21(26)15-12-20-13-16-22(31-3)17-14-20/h5-12,14-15,17-18,25H,13,16,19-20H2,1-4H3;2*4-11,13-14,16-17,23,29H,12,15,18-19H2,1-3H3/t;2*23-/m.00/s1. The van der Waals surface area contributed by atoms with Crippen LogP contribution in [0.2, 0.25) is 0 Å². The van der Waals surface area contributed by atoms with Crippen LogP contribution in [0.15, 0.2) is 218 Å². The van der Waals surface area contributed by atoms with E-state index >= 15 is 0 Å². The molecule has 0 saturated heterocycles. The summed E-state index contributed by atoms with van der Waals surface area (Å²) in [5, 5.41) is 19.9. The number of nitrogens with zero attached hydrogens (tertiary/aromatic N) is 3. The van der Waals surface area contributed by atoms with Gasteiger partial charge in [-0.2, -0.15) is 0 Å². The summed E-state index contributed by atoms with van der Waals surface area (Å²) < 4.78 is 56.3. The van der Waals surface area contributed by atoms with Crippen LogP contribution in [0.5, 0.6) is 51.7 Å². The van der Waals surface area contributed by atoms with Gasteiger partial charge in [0.25, 0.3) is 0 Å². The third kappa shape index (κ3) is 26.7. The Morgan fingerprint density at radius 2 is 0.598 bits per heavy atom. The Hall–Kier alpha value is -10.9. The first kappa shape index (κ1) is 78.5. The molecule has 0 aliphatic rings. The van der Waals surface area contributed by atoms with E-state index in [0.717, 1.165) is 89.7 Å². The average molecular weight is 1390 g/mol. The second kappa shape index (κ2) is 41.6. The summed E-state index contributed by atoms with van der Waals surface area (Å²) in [6.07, 6.45) is 3.50. The van der Waals surface area contributed by atoms with Gasteiger partial charge in [0.2, 0.25) is 0 Å².